The molecule has 0 aromatic heterocycles. The van der Waals surface area contributed by atoms with Crippen LogP contribution in [0.5, 0.6) is 5.75 Å². The van der Waals surface area contributed by atoms with Gasteiger partial charge in [0.1, 0.15) is 12.4 Å². The highest BCUT2D eigenvalue weighted by molar-refractivity contribution is 5.98. The maximum atomic E-state index is 13.3. The molecule has 0 bridgehead atoms. The Morgan fingerprint density at radius 1 is 0.855 bits per heavy atom. The number of carbonyl (C=O) groups excluding carboxylic acids is 3. The summed E-state index contributed by atoms with van der Waals surface area (Å²) in [5.74, 6) is 0.745. The summed E-state index contributed by atoms with van der Waals surface area (Å²) >= 11 is 0. The van der Waals surface area contributed by atoms with Crippen molar-refractivity contribution in [1.82, 2.24) is 10.2 Å². The minimum Gasteiger partial charge on any atom is -0.482 e. The highest BCUT2D eigenvalue weighted by Gasteiger charge is 2.35. The van der Waals surface area contributed by atoms with Crippen molar-refractivity contribution in [1.29, 1.82) is 0 Å². The maximum Gasteiger partial charge on any atom is 0.410 e. The fraction of sp³-hybridized carbons (Fsp3) is 0.386. The Kier molecular flexibility index (Phi) is 12.7. The van der Waals surface area contributed by atoms with Gasteiger partial charge in [0, 0.05) is 63.1 Å². The number of nitrogens with zero attached hydrogens (tertiary/aromatic N) is 3. The van der Waals surface area contributed by atoms with Crippen LogP contribution in [0.3, 0.4) is 0 Å². The molecule has 3 aliphatic rings. The largest absolute Gasteiger partial charge is 0.482 e. The van der Waals surface area contributed by atoms with Gasteiger partial charge < -0.3 is 39.0 Å². The van der Waals surface area contributed by atoms with Crippen LogP contribution in [0.1, 0.15) is 52.2 Å². The fourth-order valence-corrected chi connectivity index (χ4v) is 7.65. The van der Waals surface area contributed by atoms with E-state index in [4.69, 9.17) is 18.9 Å². The van der Waals surface area contributed by atoms with Gasteiger partial charge in [0.2, 0.25) is 0 Å². The first-order chi connectivity index (χ1) is 26.9. The van der Waals surface area contributed by atoms with E-state index in [9.17, 15) is 14.4 Å². The summed E-state index contributed by atoms with van der Waals surface area (Å²) in [5, 5.41) is 3.46. The lowest BCUT2D eigenvalue weighted by molar-refractivity contribution is -0.121. The number of ketones is 1. The summed E-state index contributed by atoms with van der Waals surface area (Å²) in [6, 6.07) is 33.9. The summed E-state index contributed by atoms with van der Waals surface area (Å²) in [7, 11) is 1.65. The van der Waals surface area contributed by atoms with Crippen LogP contribution < -0.4 is 19.9 Å². The van der Waals surface area contributed by atoms with E-state index in [-0.39, 0.29) is 49.1 Å². The number of likely N-dealkylation sites (tertiary alicyclic amines) is 1. The SMILES string of the molecule is COCCCN1C(=O)COc2ccc(COC3CN(C(=O)OCc4ccccc4)CCC3c3ccc(N4CC[C@@H](NCC(=O)c5ccccc5)C4)cc3)cc21. The number of rotatable bonds is 15. The van der Waals surface area contributed by atoms with Crippen molar-refractivity contribution < 1.29 is 33.3 Å². The molecule has 2 saturated heterocycles. The number of methoxy groups -OCH3 is 1. The average molecular weight is 747 g/mol. The summed E-state index contributed by atoms with van der Waals surface area (Å²) in [6.07, 6.45) is 1.75. The second-order valence-electron chi connectivity index (χ2n) is 14.4. The second-order valence-corrected chi connectivity index (χ2v) is 14.4. The molecule has 7 rings (SSSR count). The minimum absolute atomic E-state index is 0.0135. The highest BCUT2D eigenvalue weighted by atomic mass is 16.6. The molecule has 3 aliphatic heterocycles. The first-order valence-corrected chi connectivity index (χ1v) is 19.2. The molecular weight excluding hydrogens is 697 g/mol. The molecular formula is C44H50N4O7. The van der Waals surface area contributed by atoms with Crippen LogP contribution in [0.4, 0.5) is 16.2 Å². The Morgan fingerprint density at radius 2 is 1.64 bits per heavy atom. The molecule has 11 nitrogen and oxygen atoms in total. The van der Waals surface area contributed by atoms with Crippen LogP contribution >= 0.6 is 0 Å². The number of hydrogen-bond donors (Lipinski definition) is 1. The summed E-state index contributed by atoms with van der Waals surface area (Å²) in [4.78, 5) is 44.6. The Balaban J connectivity index is 1.01. The molecule has 0 radical (unpaired) electrons. The highest BCUT2D eigenvalue weighted by Crippen LogP contribution is 2.36. The molecule has 3 atom stereocenters. The smallest absolute Gasteiger partial charge is 0.410 e. The number of fused-ring (bicyclic) bond motifs is 1. The molecule has 0 saturated carbocycles. The molecule has 2 fully saturated rings. The van der Waals surface area contributed by atoms with E-state index in [0.29, 0.717) is 51.6 Å². The normalized spacial score (nSPS) is 19.5. The zero-order valence-corrected chi connectivity index (χ0v) is 31.4. The topological polar surface area (TPSA) is 110 Å². The van der Waals surface area contributed by atoms with E-state index in [2.05, 4.69) is 34.5 Å². The monoisotopic (exact) mass is 746 g/mol. The minimum atomic E-state index is -0.356. The van der Waals surface area contributed by atoms with Crippen molar-refractivity contribution in [3.05, 3.63) is 125 Å². The number of anilines is 2. The van der Waals surface area contributed by atoms with Gasteiger partial charge >= 0.3 is 6.09 Å². The molecule has 288 valence electrons. The Morgan fingerprint density at radius 3 is 2.42 bits per heavy atom. The summed E-state index contributed by atoms with van der Waals surface area (Å²) in [5.41, 5.74) is 5.61. The van der Waals surface area contributed by atoms with Crippen LogP contribution in [0.2, 0.25) is 0 Å². The van der Waals surface area contributed by atoms with Crippen LogP contribution in [0, 0.1) is 0 Å². The predicted molar refractivity (Wildman–Crippen MR) is 211 cm³/mol. The van der Waals surface area contributed by atoms with E-state index in [1.54, 1.807) is 16.9 Å². The molecule has 11 heteroatoms. The average Bonchev–Trinajstić information content (AvgIpc) is 3.72. The molecule has 2 amide bonds. The zero-order chi connectivity index (χ0) is 38.0. The van der Waals surface area contributed by atoms with Crippen molar-refractivity contribution in [3.8, 4) is 5.75 Å². The van der Waals surface area contributed by atoms with E-state index < -0.39 is 0 Å². The second kappa shape index (κ2) is 18.4. The molecule has 3 heterocycles. The molecule has 55 heavy (non-hydrogen) atoms. The third-order valence-corrected chi connectivity index (χ3v) is 10.7. The quantitative estimate of drug-likeness (QED) is 0.112. The number of piperidine rings is 1. The van der Waals surface area contributed by atoms with Gasteiger partial charge in [-0.05, 0) is 60.2 Å². The number of nitrogens with one attached hydrogen (secondary N) is 1. The fourth-order valence-electron chi connectivity index (χ4n) is 7.65. The maximum absolute atomic E-state index is 13.3. The van der Waals surface area contributed by atoms with Gasteiger partial charge in [-0.2, -0.15) is 0 Å². The van der Waals surface area contributed by atoms with Crippen LogP contribution in [-0.2, 0) is 32.2 Å². The number of amides is 2. The lowest BCUT2D eigenvalue weighted by Crippen LogP contribution is -2.47. The Hall–Kier alpha value is -5.23. The van der Waals surface area contributed by atoms with Gasteiger partial charge in [0.25, 0.3) is 5.91 Å². The van der Waals surface area contributed by atoms with Crippen molar-refractivity contribution >= 4 is 29.2 Å². The van der Waals surface area contributed by atoms with Crippen molar-refractivity contribution in [3.63, 3.8) is 0 Å². The first kappa shape index (κ1) is 38.1. The lowest BCUT2D eigenvalue weighted by atomic mass is 9.87. The number of Topliss-reactive ketones (excluding diaryl/α,β-unsaturated/α-hetero) is 1. The summed E-state index contributed by atoms with van der Waals surface area (Å²) in [6.45, 7) is 4.62. The van der Waals surface area contributed by atoms with Crippen LogP contribution in [0.25, 0.3) is 0 Å². The van der Waals surface area contributed by atoms with Crippen LogP contribution in [0.15, 0.2) is 103 Å². The van der Waals surface area contributed by atoms with E-state index >= 15 is 0 Å². The molecule has 4 aromatic rings. The van der Waals surface area contributed by atoms with Gasteiger partial charge in [-0.15, -0.1) is 0 Å². The van der Waals surface area contributed by atoms with Gasteiger partial charge in [0.15, 0.2) is 12.4 Å². The predicted octanol–water partition coefficient (Wildman–Crippen LogP) is 6.21. The molecule has 0 spiro atoms. The molecule has 0 aliphatic carbocycles. The molecule has 4 aromatic carbocycles. The molecule has 2 unspecified atom stereocenters. The van der Waals surface area contributed by atoms with Crippen molar-refractivity contribution in [2.75, 3.05) is 69.4 Å². The standard InChI is InChI=1S/C44H50N4O7/c1-52-24-8-21-48-39-25-33(13-18-41(39)54-31-43(48)50)30-53-42-28-47(44(51)55-29-32-9-4-2-5-10-32)23-20-38(42)34-14-16-37(17-15-34)46-22-19-36(27-46)45-26-40(49)35-11-6-3-7-12-35/h2-7,9-18,25,36,38,42,45H,8,19-24,26-31H2,1H3/t36-,38?,42?/m1/s1. The third-order valence-electron chi connectivity index (χ3n) is 10.7. The zero-order valence-electron chi connectivity index (χ0n) is 31.4. The number of benzene rings is 4. The first-order valence-electron chi connectivity index (χ1n) is 19.2. The third kappa shape index (κ3) is 9.72. The van der Waals surface area contributed by atoms with E-state index in [1.807, 2.05) is 78.9 Å². The Bertz CT molecular complexity index is 1890. The Labute approximate surface area is 323 Å². The van der Waals surface area contributed by atoms with Gasteiger partial charge in [-0.1, -0.05) is 78.9 Å². The van der Waals surface area contributed by atoms with Crippen molar-refractivity contribution in [2.24, 2.45) is 0 Å². The van der Waals surface area contributed by atoms with E-state index in [0.717, 1.165) is 59.6 Å². The van der Waals surface area contributed by atoms with Crippen molar-refractivity contribution in [2.45, 2.75) is 50.5 Å². The molecule has 1 N–H and O–H groups in total. The van der Waals surface area contributed by atoms with Gasteiger partial charge in [0.05, 0.1) is 31.5 Å². The van der Waals surface area contributed by atoms with E-state index in [1.165, 1.54) is 0 Å². The number of hydrogen-bond acceptors (Lipinski definition) is 9. The summed E-state index contributed by atoms with van der Waals surface area (Å²) < 4.78 is 23.4. The van der Waals surface area contributed by atoms with Gasteiger partial charge in [-0.25, -0.2) is 4.79 Å². The van der Waals surface area contributed by atoms with Gasteiger partial charge in [-0.3, -0.25) is 9.59 Å². The number of ether oxygens (including phenoxy) is 4. The number of carbonyl (C=O) groups is 3. The lowest BCUT2D eigenvalue weighted by Gasteiger charge is -2.38. The van der Waals surface area contributed by atoms with Crippen LogP contribution in [-0.4, -0.2) is 94.4 Å².